The Bertz CT molecular complexity index is 596. The maximum atomic E-state index is 11.7. The van der Waals surface area contributed by atoms with E-state index >= 15 is 0 Å². The lowest BCUT2D eigenvalue weighted by molar-refractivity contribution is -0.119. The number of hydrogen-bond acceptors (Lipinski definition) is 1. The van der Waals surface area contributed by atoms with Gasteiger partial charge in [0, 0.05) is 24.1 Å². The van der Waals surface area contributed by atoms with E-state index in [2.05, 4.69) is 22.9 Å². The maximum absolute atomic E-state index is 11.7. The average molecular weight is 242 g/mol. The highest BCUT2D eigenvalue weighted by molar-refractivity contribution is 5.91. The van der Waals surface area contributed by atoms with E-state index in [1.807, 2.05) is 19.2 Å². The molecular formula is C15H18N2O. The van der Waals surface area contributed by atoms with Gasteiger partial charge in [0.25, 0.3) is 0 Å². The number of nitrogens with zero attached hydrogens (tertiary/aromatic N) is 1. The van der Waals surface area contributed by atoms with Crippen LogP contribution in [0.1, 0.15) is 30.7 Å². The second-order valence-electron chi connectivity index (χ2n) is 5.35. The fourth-order valence-corrected chi connectivity index (χ4v) is 2.73. The van der Waals surface area contributed by atoms with Gasteiger partial charge in [0.1, 0.15) is 0 Å². The Morgan fingerprint density at radius 2 is 2.17 bits per heavy atom. The van der Waals surface area contributed by atoms with Gasteiger partial charge >= 0.3 is 0 Å². The van der Waals surface area contributed by atoms with Crippen LogP contribution in [0.5, 0.6) is 0 Å². The van der Waals surface area contributed by atoms with Crippen LogP contribution in [0.15, 0.2) is 30.5 Å². The summed E-state index contributed by atoms with van der Waals surface area (Å²) in [6, 6.07) is 8.19. The molecule has 1 aromatic heterocycles. The van der Waals surface area contributed by atoms with Crippen LogP contribution >= 0.6 is 0 Å². The smallest absolute Gasteiger partial charge is 0.225 e. The van der Waals surface area contributed by atoms with E-state index in [1.165, 1.54) is 12.8 Å². The Labute approximate surface area is 107 Å². The summed E-state index contributed by atoms with van der Waals surface area (Å²) in [6.07, 6.45) is 5.45. The summed E-state index contributed by atoms with van der Waals surface area (Å²) in [6.45, 7) is 0. The van der Waals surface area contributed by atoms with Crippen LogP contribution in [0.2, 0.25) is 0 Å². The molecule has 1 heterocycles. The van der Waals surface area contributed by atoms with Crippen molar-refractivity contribution in [1.82, 2.24) is 4.57 Å². The molecule has 2 N–H and O–H groups in total. The van der Waals surface area contributed by atoms with E-state index < -0.39 is 0 Å². The number of amides is 1. The predicted octanol–water partition coefficient (Wildman–Crippen LogP) is 2.55. The van der Waals surface area contributed by atoms with Crippen LogP contribution in [0.25, 0.3) is 10.9 Å². The van der Waals surface area contributed by atoms with Gasteiger partial charge in [0.15, 0.2) is 0 Å². The summed E-state index contributed by atoms with van der Waals surface area (Å²) in [7, 11) is 2.01. The Hall–Kier alpha value is -1.77. The third-order valence-electron chi connectivity index (χ3n) is 3.91. The predicted molar refractivity (Wildman–Crippen MR) is 72.2 cm³/mol. The molecule has 1 amide bonds. The number of aryl methyl sites for hydroxylation is 1. The number of nitrogens with two attached hydrogens (primary N) is 1. The zero-order valence-electron chi connectivity index (χ0n) is 10.6. The quantitative estimate of drug-likeness (QED) is 0.880. The molecule has 0 saturated heterocycles. The Balaban J connectivity index is 2.07. The van der Waals surface area contributed by atoms with Gasteiger partial charge in [-0.05, 0) is 24.0 Å². The Morgan fingerprint density at radius 3 is 2.83 bits per heavy atom. The number of fused-ring (bicyclic) bond motifs is 1. The van der Waals surface area contributed by atoms with E-state index in [4.69, 9.17) is 5.73 Å². The van der Waals surface area contributed by atoms with E-state index in [1.54, 1.807) is 0 Å². The van der Waals surface area contributed by atoms with Gasteiger partial charge in [-0.15, -0.1) is 0 Å². The van der Waals surface area contributed by atoms with E-state index in [0.29, 0.717) is 5.92 Å². The molecule has 3 nitrogen and oxygen atoms in total. The highest BCUT2D eigenvalue weighted by Crippen LogP contribution is 2.40. The number of aromatic nitrogens is 1. The van der Waals surface area contributed by atoms with Crippen LogP contribution in [0, 0.1) is 5.92 Å². The van der Waals surface area contributed by atoms with Crippen LogP contribution in [0.4, 0.5) is 0 Å². The average Bonchev–Trinajstić information content (AvgIpc) is 3.12. The fraction of sp³-hybridized carbons (Fsp3) is 0.400. The SMILES string of the molecule is Cn1cc(C(CC2CC2)C(N)=O)c2ccccc21. The summed E-state index contributed by atoms with van der Waals surface area (Å²) in [5, 5.41) is 1.16. The molecule has 94 valence electrons. The number of hydrogen-bond donors (Lipinski definition) is 1. The van der Waals surface area contributed by atoms with E-state index in [0.717, 1.165) is 22.9 Å². The molecule has 3 heteroatoms. The summed E-state index contributed by atoms with van der Waals surface area (Å²) in [4.78, 5) is 11.7. The van der Waals surface area contributed by atoms with Crippen molar-refractivity contribution in [3.8, 4) is 0 Å². The molecule has 1 aliphatic carbocycles. The van der Waals surface area contributed by atoms with Crippen molar-refractivity contribution < 1.29 is 4.79 Å². The topological polar surface area (TPSA) is 48.0 Å². The summed E-state index contributed by atoms with van der Waals surface area (Å²) < 4.78 is 2.08. The molecule has 1 fully saturated rings. The summed E-state index contributed by atoms with van der Waals surface area (Å²) in [5.74, 6) is 0.364. The van der Waals surface area contributed by atoms with Gasteiger partial charge < -0.3 is 10.3 Å². The second kappa shape index (κ2) is 4.16. The number of carbonyl (C=O) groups is 1. The van der Waals surface area contributed by atoms with Gasteiger partial charge in [-0.25, -0.2) is 0 Å². The number of benzene rings is 1. The molecule has 1 aromatic carbocycles. The number of primary amides is 1. The van der Waals surface area contributed by atoms with Crippen molar-refractivity contribution in [1.29, 1.82) is 0 Å². The number of rotatable bonds is 4. The van der Waals surface area contributed by atoms with Gasteiger partial charge in [0.05, 0.1) is 5.92 Å². The minimum atomic E-state index is -0.196. The molecule has 2 aromatic rings. The zero-order chi connectivity index (χ0) is 12.7. The second-order valence-corrected chi connectivity index (χ2v) is 5.35. The first-order valence-electron chi connectivity index (χ1n) is 6.50. The lowest BCUT2D eigenvalue weighted by Gasteiger charge is -2.11. The molecular weight excluding hydrogens is 224 g/mol. The van der Waals surface area contributed by atoms with Crippen LogP contribution in [-0.4, -0.2) is 10.5 Å². The monoisotopic (exact) mass is 242 g/mol. The lowest BCUT2D eigenvalue weighted by atomic mass is 9.92. The fourth-order valence-electron chi connectivity index (χ4n) is 2.73. The molecule has 1 saturated carbocycles. The lowest BCUT2D eigenvalue weighted by Crippen LogP contribution is -2.21. The third kappa shape index (κ3) is 1.90. The van der Waals surface area contributed by atoms with Gasteiger partial charge in [-0.1, -0.05) is 31.0 Å². The molecule has 1 atom stereocenters. The molecule has 0 bridgehead atoms. The van der Waals surface area contributed by atoms with Crippen LogP contribution < -0.4 is 5.73 Å². The third-order valence-corrected chi connectivity index (χ3v) is 3.91. The number of carbonyl (C=O) groups excluding carboxylic acids is 1. The summed E-state index contributed by atoms with van der Waals surface area (Å²) in [5.41, 5.74) is 7.85. The minimum absolute atomic E-state index is 0.136. The molecule has 1 aliphatic rings. The molecule has 0 radical (unpaired) electrons. The van der Waals surface area contributed by atoms with Crippen LogP contribution in [-0.2, 0) is 11.8 Å². The molecule has 0 spiro atoms. The molecule has 0 aliphatic heterocycles. The number of para-hydroxylation sites is 1. The van der Waals surface area contributed by atoms with Gasteiger partial charge in [-0.3, -0.25) is 4.79 Å². The maximum Gasteiger partial charge on any atom is 0.225 e. The summed E-state index contributed by atoms with van der Waals surface area (Å²) >= 11 is 0. The highest BCUT2D eigenvalue weighted by atomic mass is 16.1. The van der Waals surface area contributed by atoms with Crippen molar-refractivity contribution in [2.75, 3.05) is 0 Å². The van der Waals surface area contributed by atoms with E-state index in [9.17, 15) is 4.79 Å². The first-order chi connectivity index (χ1) is 8.66. The zero-order valence-corrected chi connectivity index (χ0v) is 10.6. The van der Waals surface area contributed by atoms with Crippen molar-refractivity contribution >= 4 is 16.8 Å². The normalized spacial score (nSPS) is 16.9. The van der Waals surface area contributed by atoms with Crippen molar-refractivity contribution in [3.05, 3.63) is 36.0 Å². The van der Waals surface area contributed by atoms with E-state index in [-0.39, 0.29) is 11.8 Å². The van der Waals surface area contributed by atoms with Gasteiger partial charge in [-0.2, -0.15) is 0 Å². The van der Waals surface area contributed by atoms with Crippen LogP contribution in [0.3, 0.4) is 0 Å². The largest absolute Gasteiger partial charge is 0.369 e. The highest BCUT2D eigenvalue weighted by Gasteiger charge is 2.30. The van der Waals surface area contributed by atoms with Gasteiger partial charge in [0.2, 0.25) is 5.91 Å². The Morgan fingerprint density at radius 1 is 1.44 bits per heavy atom. The Kier molecular flexibility index (Phi) is 2.62. The molecule has 1 unspecified atom stereocenters. The van der Waals surface area contributed by atoms with Crippen molar-refractivity contribution in [2.24, 2.45) is 18.7 Å². The first-order valence-corrected chi connectivity index (χ1v) is 6.50. The van der Waals surface area contributed by atoms with Crippen molar-refractivity contribution in [3.63, 3.8) is 0 Å². The molecule has 18 heavy (non-hydrogen) atoms. The molecule has 3 rings (SSSR count). The standard InChI is InChI=1S/C15H18N2O/c1-17-9-13(11-4-2-3-5-14(11)17)12(15(16)18)8-10-6-7-10/h2-5,9-10,12H,6-8H2,1H3,(H2,16,18). The minimum Gasteiger partial charge on any atom is -0.369 e. The van der Waals surface area contributed by atoms with Crippen molar-refractivity contribution in [2.45, 2.75) is 25.2 Å². The first kappa shape index (κ1) is 11.3.